The zero-order valence-corrected chi connectivity index (χ0v) is 13.6. The number of allylic oxidation sites excluding steroid dienone is 4. The second-order valence-electron chi connectivity index (χ2n) is 5.00. The third kappa shape index (κ3) is 3.86. The van der Waals surface area contributed by atoms with Crippen LogP contribution >= 0.6 is 0 Å². The van der Waals surface area contributed by atoms with Crippen molar-refractivity contribution in [2.75, 3.05) is 12.9 Å². The Morgan fingerprint density at radius 1 is 1.21 bits per heavy atom. The van der Waals surface area contributed by atoms with Crippen molar-refractivity contribution >= 4 is 21.4 Å². The quantitative estimate of drug-likeness (QED) is 0.603. The number of halogens is 2. The molecule has 126 valence electrons. The van der Waals surface area contributed by atoms with E-state index in [0.29, 0.717) is 17.2 Å². The summed E-state index contributed by atoms with van der Waals surface area (Å²) in [6.45, 7) is 3.07. The molecule has 7 heteroatoms. The predicted molar refractivity (Wildman–Crippen MR) is 86.0 cm³/mol. The Bertz CT molecular complexity index is 876. The molecule has 0 fully saturated rings. The molecular formula is C17H14F2O4S. The molecule has 0 aliphatic carbocycles. The minimum absolute atomic E-state index is 0.0357. The van der Waals surface area contributed by atoms with Gasteiger partial charge in [-0.3, -0.25) is 0 Å². The first-order chi connectivity index (χ1) is 11.2. The van der Waals surface area contributed by atoms with Gasteiger partial charge in [-0.15, -0.1) is 0 Å². The van der Waals surface area contributed by atoms with Crippen LogP contribution in [0.3, 0.4) is 0 Å². The Kier molecular flexibility index (Phi) is 5.14. The highest BCUT2D eigenvalue weighted by atomic mass is 32.2. The lowest BCUT2D eigenvalue weighted by atomic mass is 10.0. The number of cyclic esters (lactones) is 1. The SMILES string of the molecule is C=C/C(F)=C(F)\C=C\C1=C(c2ccc(S(C)(=O)=O)cc2)COC1=O. The van der Waals surface area contributed by atoms with E-state index in [1.54, 1.807) is 0 Å². The number of hydrogen-bond donors (Lipinski definition) is 0. The number of esters is 1. The minimum atomic E-state index is -3.34. The van der Waals surface area contributed by atoms with Gasteiger partial charge in [-0.25, -0.2) is 22.0 Å². The largest absolute Gasteiger partial charge is 0.457 e. The molecule has 0 N–H and O–H groups in total. The van der Waals surface area contributed by atoms with Gasteiger partial charge in [-0.1, -0.05) is 18.7 Å². The highest BCUT2D eigenvalue weighted by Gasteiger charge is 2.24. The molecule has 0 saturated carbocycles. The molecule has 1 aliphatic rings. The molecule has 0 aromatic heterocycles. The number of hydrogen-bond acceptors (Lipinski definition) is 4. The molecule has 0 amide bonds. The van der Waals surface area contributed by atoms with Crippen molar-refractivity contribution in [1.29, 1.82) is 0 Å². The standard InChI is InChI=1S/C17H14F2O4S/c1-3-15(18)16(19)9-8-13-14(10-23-17(13)20)11-4-6-12(7-5-11)24(2,21)22/h3-9H,1,10H2,2H3/b9-8+,16-15-. The molecule has 2 rings (SSSR count). The molecule has 1 heterocycles. The van der Waals surface area contributed by atoms with Crippen LogP contribution in [0, 0.1) is 0 Å². The second kappa shape index (κ2) is 6.92. The van der Waals surface area contributed by atoms with Gasteiger partial charge in [0, 0.05) is 11.8 Å². The number of carbonyl (C=O) groups excluding carboxylic acids is 1. The van der Waals surface area contributed by atoms with E-state index >= 15 is 0 Å². The Morgan fingerprint density at radius 2 is 1.83 bits per heavy atom. The van der Waals surface area contributed by atoms with E-state index in [-0.39, 0.29) is 17.1 Å². The minimum Gasteiger partial charge on any atom is -0.457 e. The number of carbonyl (C=O) groups is 1. The third-order valence-corrected chi connectivity index (χ3v) is 4.46. The van der Waals surface area contributed by atoms with Crippen LogP contribution in [-0.2, 0) is 19.4 Å². The summed E-state index contributed by atoms with van der Waals surface area (Å²) in [6, 6.07) is 5.86. The van der Waals surface area contributed by atoms with Crippen molar-refractivity contribution in [3.63, 3.8) is 0 Å². The van der Waals surface area contributed by atoms with Crippen LogP contribution in [0.4, 0.5) is 8.78 Å². The molecule has 24 heavy (non-hydrogen) atoms. The van der Waals surface area contributed by atoms with Crippen molar-refractivity contribution in [1.82, 2.24) is 0 Å². The monoisotopic (exact) mass is 352 g/mol. The predicted octanol–water partition coefficient (Wildman–Crippen LogP) is 3.29. The van der Waals surface area contributed by atoms with Gasteiger partial charge in [0.1, 0.15) is 6.61 Å². The average Bonchev–Trinajstić information content (AvgIpc) is 2.92. The summed E-state index contributed by atoms with van der Waals surface area (Å²) in [5.41, 5.74) is 1.10. The van der Waals surface area contributed by atoms with Crippen LogP contribution in [0.1, 0.15) is 5.56 Å². The average molecular weight is 352 g/mol. The maximum Gasteiger partial charge on any atom is 0.338 e. The molecule has 1 aliphatic heterocycles. The molecule has 1 aromatic carbocycles. The van der Waals surface area contributed by atoms with E-state index in [0.717, 1.165) is 18.4 Å². The van der Waals surface area contributed by atoms with E-state index in [2.05, 4.69) is 6.58 Å². The van der Waals surface area contributed by atoms with Gasteiger partial charge in [0.15, 0.2) is 21.5 Å². The third-order valence-electron chi connectivity index (χ3n) is 3.33. The topological polar surface area (TPSA) is 60.4 Å². The molecule has 0 saturated heterocycles. The highest BCUT2D eigenvalue weighted by molar-refractivity contribution is 7.90. The molecule has 0 spiro atoms. The van der Waals surface area contributed by atoms with Crippen molar-refractivity contribution in [2.24, 2.45) is 0 Å². The lowest BCUT2D eigenvalue weighted by Crippen LogP contribution is -1.97. The Hall–Kier alpha value is -2.54. The molecule has 0 radical (unpaired) electrons. The normalized spacial score (nSPS) is 16.4. The summed E-state index contributed by atoms with van der Waals surface area (Å²) in [5, 5.41) is 0. The summed E-state index contributed by atoms with van der Waals surface area (Å²) in [4.78, 5) is 11.9. The first-order valence-corrected chi connectivity index (χ1v) is 8.69. The Balaban J connectivity index is 2.42. The number of rotatable bonds is 5. The zero-order valence-electron chi connectivity index (χ0n) is 12.8. The van der Waals surface area contributed by atoms with Crippen molar-refractivity contribution < 1.29 is 26.7 Å². The summed E-state index contributed by atoms with van der Waals surface area (Å²) in [5.74, 6) is -2.97. The summed E-state index contributed by atoms with van der Waals surface area (Å²) in [6.07, 6.45) is 3.73. The van der Waals surface area contributed by atoms with E-state index in [1.165, 1.54) is 24.3 Å². The van der Waals surface area contributed by atoms with Crippen LogP contribution in [0.2, 0.25) is 0 Å². The molecule has 0 atom stereocenters. The van der Waals surface area contributed by atoms with Crippen LogP contribution in [0.15, 0.2) is 71.2 Å². The zero-order chi connectivity index (χ0) is 17.9. The molecule has 0 unspecified atom stereocenters. The first kappa shape index (κ1) is 17.8. The van der Waals surface area contributed by atoms with Crippen molar-refractivity contribution in [2.45, 2.75) is 4.90 Å². The van der Waals surface area contributed by atoms with Crippen molar-refractivity contribution in [3.05, 3.63) is 71.9 Å². The smallest absolute Gasteiger partial charge is 0.338 e. The van der Waals surface area contributed by atoms with Crippen LogP contribution < -0.4 is 0 Å². The number of sulfone groups is 1. The summed E-state index contributed by atoms with van der Waals surface area (Å²) in [7, 11) is -3.34. The number of ether oxygens (including phenoxy) is 1. The molecule has 1 aromatic rings. The molecule has 0 bridgehead atoms. The lowest BCUT2D eigenvalue weighted by molar-refractivity contribution is -0.135. The van der Waals surface area contributed by atoms with E-state index in [4.69, 9.17) is 4.74 Å². The highest BCUT2D eigenvalue weighted by Crippen LogP contribution is 2.28. The first-order valence-electron chi connectivity index (χ1n) is 6.80. The van der Waals surface area contributed by atoms with Gasteiger partial charge in [0.2, 0.25) is 0 Å². The van der Waals surface area contributed by atoms with E-state index in [1.807, 2.05) is 0 Å². The van der Waals surface area contributed by atoms with E-state index < -0.39 is 27.5 Å². The van der Waals surface area contributed by atoms with Gasteiger partial charge in [-0.05, 0) is 35.9 Å². The van der Waals surface area contributed by atoms with Gasteiger partial charge >= 0.3 is 5.97 Å². The Morgan fingerprint density at radius 3 is 2.38 bits per heavy atom. The van der Waals surface area contributed by atoms with Gasteiger partial charge in [0.05, 0.1) is 10.5 Å². The maximum absolute atomic E-state index is 13.4. The van der Waals surface area contributed by atoms with Gasteiger partial charge in [0.25, 0.3) is 0 Å². The fraction of sp³-hybridized carbons (Fsp3) is 0.118. The van der Waals surface area contributed by atoms with Crippen LogP contribution in [0.5, 0.6) is 0 Å². The molecular weight excluding hydrogens is 338 g/mol. The van der Waals surface area contributed by atoms with E-state index in [9.17, 15) is 22.0 Å². The van der Waals surface area contributed by atoms with Crippen LogP contribution in [0.25, 0.3) is 5.57 Å². The molecule has 4 nitrogen and oxygen atoms in total. The maximum atomic E-state index is 13.4. The fourth-order valence-electron chi connectivity index (χ4n) is 2.06. The van der Waals surface area contributed by atoms with Crippen molar-refractivity contribution in [3.8, 4) is 0 Å². The Labute approximate surface area is 138 Å². The summed E-state index contributed by atoms with van der Waals surface area (Å²) < 4.78 is 54.2. The van der Waals surface area contributed by atoms with Crippen LogP contribution in [-0.4, -0.2) is 27.2 Å². The fourth-order valence-corrected chi connectivity index (χ4v) is 2.69. The lowest BCUT2D eigenvalue weighted by Gasteiger charge is -2.03. The van der Waals surface area contributed by atoms with Gasteiger partial charge in [-0.2, -0.15) is 0 Å². The second-order valence-corrected chi connectivity index (χ2v) is 7.01. The number of benzene rings is 1. The van der Waals surface area contributed by atoms with Gasteiger partial charge < -0.3 is 4.74 Å². The summed E-state index contributed by atoms with van der Waals surface area (Å²) >= 11 is 0.